The van der Waals surface area contributed by atoms with Gasteiger partial charge in [-0.3, -0.25) is 4.72 Å². The molecule has 4 aromatic rings. The Balaban J connectivity index is 1.26. The van der Waals surface area contributed by atoms with E-state index in [0.29, 0.717) is 22.9 Å². The number of carbonyl (C=O) groups excluding carboxylic acids is 1. The number of nitrogens with one attached hydrogen (secondary N) is 3. The number of amides is 1. The molecule has 3 N–H and O–H groups in total. The SMILES string of the molecule is Cc1nc(NS(=O)(=O)c2ccccc2C#N)ccc1-c1cc(C)c2nc(N[C@H]3CC[C@H](NC(=O)OC(C)(C)C)CC3)ncc2n1. The van der Waals surface area contributed by atoms with Crippen molar-refractivity contribution < 1.29 is 17.9 Å². The number of benzene rings is 1. The molecular weight excluding hydrogens is 592 g/mol. The van der Waals surface area contributed by atoms with Gasteiger partial charge < -0.3 is 15.4 Å². The number of alkyl carbamates (subject to hydrolysis) is 1. The first kappa shape index (κ1) is 31.6. The lowest BCUT2D eigenvalue weighted by atomic mass is 9.91. The van der Waals surface area contributed by atoms with Gasteiger partial charge in [-0.15, -0.1) is 0 Å². The number of carbonyl (C=O) groups is 1. The third kappa shape index (κ3) is 7.64. The van der Waals surface area contributed by atoms with Crippen LogP contribution in [0.3, 0.4) is 0 Å². The predicted molar refractivity (Wildman–Crippen MR) is 171 cm³/mol. The number of fused-ring (bicyclic) bond motifs is 1. The van der Waals surface area contributed by atoms with Crippen LogP contribution in [-0.2, 0) is 14.8 Å². The van der Waals surface area contributed by atoms with Gasteiger partial charge in [0.1, 0.15) is 27.9 Å². The largest absolute Gasteiger partial charge is 0.444 e. The van der Waals surface area contributed by atoms with Crippen LogP contribution in [0.5, 0.6) is 0 Å². The Morgan fingerprint density at radius 1 is 1.00 bits per heavy atom. The molecule has 1 aliphatic rings. The molecule has 0 atom stereocenters. The monoisotopic (exact) mass is 628 g/mol. The summed E-state index contributed by atoms with van der Waals surface area (Å²) in [5, 5.41) is 15.7. The van der Waals surface area contributed by atoms with Crippen LogP contribution in [0.15, 0.2) is 53.6 Å². The van der Waals surface area contributed by atoms with Crippen LogP contribution in [0.25, 0.3) is 22.3 Å². The Labute approximate surface area is 262 Å². The molecule has 0 bridgehead atoms. The fourth-order valence-corrected chi connectivity index (χ4v) is 6.46. The number of nitrogens with zero attached hydrogens (tertiary/aromatic N) is 5. The molecule has 1 aromatic carbocycles. The number of aromatic nitrogens is 4. The predicted octanol–water partition coefficient (Wildman–Crippen LogP) is 5.62. The van der Waals surface area contributed by atoms with E-state index in [4.69, 9.17) is 14.7 Å². The van der Waals surface area contributed by atoms with Crippen LogP contribution < -0.4 is 15.4 Å². The van der Waals surface area contributed by atoms with Gasteiger partial charge in [0.05, 0.1) is 23.0 Å². The number of aryl methyl sites for hydroxylation is 2. The molecule has 0 saturated heterocycles. The molecule has 3 heterocycles. The highest BCUT2D eigenvalue weighted by Crippen LogP contribution is 2.28. The number of pyridine rings is 2. The second kappa shape index (κ2) is 12.6. The van der Waals surface area contributed by atoms with E-state index in [0.717, 1.165) is 42.3 Å². The minimum atomic E-state index is -4.01. The molecule has 1 saturated carbocycles. The molecule has 12 nitrogen and oxygen atoms in total. The number of anilines is 2. The van der Waals surface area contributed by atoms with Crippen LogP contribution in [-0.4, -0.2) is 52.1 Å². The number of nitriles is 1. The smallest absolute Gasteiger partial charge is 0.407 e. The summed E-state index contributed by atoms with van der Waals surface area (Å²) in [6, 6.07) is 13.4. The molecule has 45 heavy (non-hydrogen) atoms. The van der Waals surface area contributed by atoms with Crippen molar-refractivity contribution in [1.82, 2.24) is 25.3 Å². The number of rotatable bonds is 7. The quantitative estimate of drug-likeness (QED) is 0.233. The zero-order valence-electron chi connectivity index (χ0n) is 25.9. The van der Waals surface area contributed by atoms with Gasteiger partial charge in [-0.2, -0.15) is 5.26 Å². The fourth-order valence-electron chi connectivity index (χ4n) is 5.30. The zero-order valence-corrected chi connectivity index (χ0v) is 26.7. The number of hydrogen-bond acceptors (Lipinski definition) is 10. The second-order valence-electron chi connectivity index (χ2n) is 12.1. The van der Waals surface area contributed by atoms with E-state index in [9.17, 15) is 18.5 Å². The molecule has 234 valence electrons. The Hall–Kier alpha value is -4.83. The summed E-state index contributed by atoms with van der Waals surface area (Å²) >= 11 is 0. The van der Waals surface area contributed by atoms with E-state index >= 15 is 0 Å². The third-order valence-electron chi connectivity index (χ3n) is 7.42. The average Bonchev–Trinajstić information content (AvgIpc) is 2.97. The molecule has 13 heteroatoms. The molecule has 5 rings (SSSR count). The number of sulfonamides is 1. The van der Waals surface area contributed by atoms with E-state index in [1.54, 1.807) is 37.4 Å². The van der Waals surface area contributed by atoms with Crippen molar-refractivity contribution in [2.75, 3.05) is 10.0 Å². The molecule has 0 radical (unpaired) electrons. The fraction of sp³-hybridized carbons (Fsp3) is 0.375. The molecule has 3 aromatic heterocycles. The Bertz CT molecular complexity index is 1890. The first-order valence-corrected chi connectivity index (χ1v) is 16.2. The zero-order chi connectivity index (χ0) is 32.4. The highest BCUT2D eigenvalue weighted by molar-refractivity contribution is 7.92. The highest BCUT2D eigenvalue weighted by Gasteiger charge is 2.25. The van der Waals surface area contributed by atoms with Gasteiger partial charge in [0, 0.05) is 23.3 Å². The molecule has 0 aliphatic heterocycles. The van der Waals surface area contributed by atoms with Gasteiger partial charge in [0.25, 0.3) is 10.0 Å². The Morgan fingerprint density at radius 2 is 1.71 bits per heavy atom. The maximum absolute atomic E-state index is 12.9. The second-order valence-corrected chi connectivity index (χ2v) is 13.8. The minimum Gasteiger partial charge on any atom is -0.444 e. The number of hydrogen-bond donors (Lipinski definition) is 3. The summed E-state index contributed by atoms with van der Waals surface area (Å²) in [4.78, 5) is 30.5. The summed E-state index contributed by atoms with van der Waals surface area (Å²) in [6.45, 7) is 9.27. The average molecular weight is 629 g/mol. The Morgan fingerprint density at radius 3 is 2.40 bits per heavy atom. The first-order valence-electron chi connectivity index (χ1n) is 14.7. The van der Waals surface area contributed by atoms with E-state index in [1.165, 1.54) is 12.1 Å². The van der Waals surface area contributed by atoms with Crippen LogP contribution in [0, 0.1) is 25.2 Å². The van der Waals surface area contributed by atoms with E-state index < -0.39 is 15.6 Å². The van der Waals surface area contributed by atoms with E-state index in [1.807, 2.05) is 39.8 Å². The highest BCUT2D eigenvalue weighted by atomic mass is 32.2. The van der Waals surface area contributed by atoms with Crippen LogP contribution in [0.2, 0.25) is 0 Å². The molecular formula is C32H36N8O4S. The van der Waals surface area contributed by atoms with Crippen molar-refractivity contribution in [2.24, 2.45) is 0 Å². The molecule has 0 spiro atoms. The van der Waals surface area contributed by atoms with Crippen LogP contribution in [0.4, 0.5) is 16.6 Å². The van der Waals surface area contributed by atoms with Crippen molar-refractivity contribution in [2.45, 2.75) is 82.9 Å². The summed E-state index contributed by atoms with van der Waals surface area (Å²) in [5.41, 5.74) is 3.75. The van der Waals surface area contributed by atoms with Gasteiger partial charge in [-0.05, 0) is 96.2 Å². The lowest BCUT2D eigenvalue weighted by molar-refractivity contribution is 0.0492. The third-order valence-corrected chi connectivity index (χ3v) is 8.83. The van der Waals surface area contributed by atoms with Gasteiger partial charge in [-0.25, -0.2) is 33.1 Å². The van der Waals surface area contributed by atoms with E-state index in [-0.39, 0.29) is 34.5 Å². The maximum atomic E-state index is 12.9. The van der Waals surface area contributed by atoms with Crippen LogP contribution >= 0.6 is 0 Å². The molecule has 1 aliphatic carbocycles. The minimum absolute atomic E-state index is 0.0507. The number of ether oxygens (including phenoxy) is 1. The topological polar surface area (TPSA) is 172 Å². The lowest BCUT2D eigenvalue weighted by Gasteiger charge is -2.30. The van der Waals surface area contributed by atoms with Gasteiger partial charge in [0.15, 0.2) is 0 Å². The maximum Gasteiger partial charge on any atom is 0.407 e. The molecule has 0 unspecified atom stereocenters. The van der Waals surface area contributed by atoms with Crippen molar-refractivity contribution in [3.8, 4) is 17.3 Å². The molecule has 1 amide bonds. The van der Waals surface area contributed by atoms with Crippen molar-refractivity contribution >= 4 is 38.9 Å². The first-order chi connectivity index (χ1) is 21.3. The van der Waals surface area contributed by atoms with E-state index in [2.05, 4.69) is 25.3 Å². The van der Waals surface area contributed by atoms with Crippen molar-refractivity contribution in [3.63, 3.8) is 0 Å². The van der Waals surface area contributed by atoms with Gasteiger partial charge in [0.2, 0.25) is 5.95 Å². The van der Waals surface area contributed by atoms with Crippen molar-refractivity contribution in [1.29, 1.82) is 5.26 Å². The van der Waals surface area contributed by atoms with Gasteiger partial charge in [-0.1, -0.05) is 12.1 Å². The van der Waals surface area contributed by atoms with Crippen LogP contribution in [0.1, 0.15) is 63.3 Å². The summed E-state index contributed by atoms with van der Waals surface area (Å²) < 4.78 is 33.7. The lowest BCUT2D eigenvalue weighted by Crippen LogP contribution is -2.42. The summed E-state index contributed by atoms with van der Waals surface area (Å²) in [6.07, 6.45) is 4.69. The standard InChI is InChI=1S/C32H36N8O4S/c1-19-16-25(24-14-15-28(35-20(24)2)40-45(42,43)27-9-7-6-8-21(27)17-33)38-26-18-34-30(39-29(19)26)36-22-10-12-23(13-11-22)37-31(41)44-32(3,4)5/h6-9,14-16,18,22-23H,10-13H2,1-5H3,(H,35,40)(H,37,41)(H,34,36,39)/t22-,23-. The Kier molecular flexibility index (Phi) is 8.88. The summed E-state index contributed by atoms with van der Waals surface area (Å²) in [5.74, 6) is 0.659. The summed E-state index contributed by atoms with van der Waals surface area (Å²) in [7, 11) is -4.01. The van der Waals surface area contributed by atoms with Gasteiger partial charge >= 0.3 is 6.09 Å². The van der Waals surface area contributed by atoms with Crippen molar-refractivity contribution in [3.05, 3.63) is 65.5 Å². The molecule has 1 fully saturated rings. The normalized spacial score (nSPS) is 16.9.